The van der Waals surface area contributed by atoms with Crippen molar-refractivity contribution in [1.29, 1.82) is 0 Å². The summed E-state index contributed by atoms with van der Waals surface area (Å²) < 4.78 is 19.0. The molecule has 0 fully saturated rings. The Morgan fingerprint density at radius 2 is 2.12 bits per heavy atom. The maximum atomic E-state index is 12.9. The zero-order chi connectivity index (χ0) is 12.9. The van der Waals surface area contributed by atoms with E-state index in [2.05, 4.69) is 11.3 Å². The first-order valence-corrected chi connectivity index (χ1v) is 7.31. The molecule has 0 bridgehead atoms. The lowest BCUT2D eigenvalue weighted by Crippen LogP contribution is -2.27. The predicted octanol–water partition coefficient (Wildman–Crippen LogP) is 2.37. The van der Waals surface area contributed by atoms with Gasteiger partial charge in [-0.25, -0.2) is 12.9 Å². The average Bonchev–Trinajstić information content (AvgIpc) is 2.29. The first-order valence-electron chi connectivity index (χ1n) is 5.84. The Balaban J connectivity index is 3.27. The molecule has 1 rings (SSSR count). The highest BCUT2D eigenvalue weighted by Gasteiger charge is 2.17. The zero-order valence-electron chi connectivity index (χ0n) is 10.7. The summed E-state index contributed by atoms with van der Waals surface area (Å²) in [7, 11) is -0.661. The summed E-state index contributed by atoms with van der Waals surface area (Å²) in [5.74, 6) is 0. The molecule has 1 atom stereocenters. The van der Waals surface area contributed by atoms with E-state index in [0.717, 1.165) is 13.0 Å². The van der Waals surface area contributed by atoms with Gasteiger partial charge in [-0.3, -0.25) is 0 Å². The number of nitrogen functional groups attached to an aromatic ring is 1. The van der Waals surface area contributed by atoms with Crippen LogP contribution < -0.4 is 5.73 Å². The minimum Gasteiger partial charge on any atom is -0.399 e. The molecule has 4 nitrogen and oxygen atoms in total. The number of hydrogen-bond donors (Lipinski definition) is 1. The third-order valence-electron chi connectivity index (χ3n) is 2.43. The first kappa shape index (κ1) is 14.0. The number of benzene rings is 1. The number of nitrogens with two attached hydrogens (primary N) is 1. The molecule has 0 saturated heterocycles. The van der Waals surface area contributed by atoms with Crippen LogP contribution in [0.3, 0.4) is 0 Å². The second-order valence-electron chi connectivity index (χ2n) is 3.87. The lowest BCUT2D eigenvalue weighted by atomic mass is 10.3. The minimum atomic E-state index is -2.50. The van der Waals surface area contributed by atoms with Gasteiger partial charge in [-0.1, -0.05) is 13.0 Å². The van der Waals surface area contributed by atoms with E-state index in [9.17, 15) is 4.21 Å². The Hall–Kier alpha value is -1.07. The summed E-state index contributed by atoms with van der Waals surface area (Å²) in [5.41, 5.74) is 6.36. The van der Waals surface area contributed by atoms with Crippen molar-refractivity contribution in [3.63, 3.8) is 0 Å². The van der Waals surface area contributed by atoms with Crippen LogP contribution in [-0.4, -0.2) is 28.7 Å². The van der Waals surface area contributed by atoms with Gasteiger partial charge in [0, 0.05) is 25.8 Å². The normalized spacial score (nSPS) is 14.6. The molecule has 0 heterocycles. The van der Waals surface area contributed by atoms with Crippen LogP contribution in [0.2, 0.25) is 0 Å². The van der Waals surface area contributed by atoms with E-state index in [1.54, 1.807) is 12.1 Å². The molecule has 0 aliphatic rings. The van der Waals surface area contributed by atoms with Crippen molar-refractivity contribution >= 4 is 15.6 Å². The van der Waals surface area contributed by atoms with Gasteiger partial charge in [-0.05, 0) is 31.5 Å². The summed E-state index contributed by atoms with van der Waals surface area (Å²) >= 11 is 0. The van der Waals surface area contributed by atoms with E-state index in [4.69, 9.17) is 5.73 Å². The van der Waals surface area contributed by atoms with E-state index < -0.39 is 9.92 Å². The fraction of sp³-hybridized carbons (Fsp3) is 0.500. The minimum absolute atomic E-state index is 0.529. The van der Waals surface area contributed by atoms with Crippen LogP contribution in [0.5, 0.6) is 0 Å². The summed E-state index contributed by atoms with van der Waals surface area (Å²) in [5, 5.41) is 0. The number of anilines is 1. The van der Waals surface area contributed by atoms with Crippen molar-refractivity contribution in [2.45, 2.75) is 25.2 Å². The quantitative estimate of drug-likeness (QED) is 0.821. The maximum Gasteiger partial charge on any atom is 0.139 e. The van der Waals surface area contributed by atoms with Gasteiger partial charge in [0.1, 0.15) is 9.92 Å². The standard InChI is InChI=1S/C12H21N3OS/c1-4-9-15(3)17(16,14-5-2)12-8-6-7-11(13)10-12/h6-8,10H,4-5,9,13H2,1-3H3. The van der Waals surface area contributed by atoms with Gasteiger partial charge < -0.3 is 5.73 Å². The Morgan fingerprint density at radius 1 is 1.41 bits per heavy atom. The molecule has 1 aromatic carbocycles. The van der Waals surface area contributed by atoms with Crippen LogP contribution in [0.4, 0.5) is 5.69 Å². The smallest absolute Gasteiger partial charge is 0.139 e. The SMILES string of the molecule is CCCN(C)S(=O)(=NCC)c1cccc(N)c1. The van der Waals surface area contributed by atoms with Crippen molar-refractivity contribution in [2.24, 2.45) is 4.36 Å². The molecule has 0 aromatic heterocycles. The van der Waals surface area contributed by atoms with Gasteiger partial charge in [0.2, 0.25) is 0 Å². The first-order chi connectivity index (χ1) is 8.04. The second-order valence-corrected chi connectivity index (χ2v) is 6.21. The van der Waals surface area contributed by atoms with Gasteiger partial charge in [0.05, 0.1) is 4.90 Å². The van der Waals surface area contributed by atoms with Gasteiger partial charge >= 0.3 is 0 Å². The molecule has 1 aromatic rings. The van der Waals surface area contributed by atoms with E-state index in [0.29, 0.717) is 17.1 Å². The highest BCUT2D eigenvalue weighted by atomic mass is 32.2. The fourth-order valence-electron chi connectivity index (χ4n) is 1.65. The zero-order valence-corrected chi connectivity index (χ0v) is 11.5. The molecule has 0 aliphatic carbocycles. The van der Waals surface area contributed by atoms with E-state index in [-0.39, 0.29) is 0 Å². The Bertz CT molecular complexity index is 478. The number of nitrogens with zero attached hydrogens (tertiary/aromatic N) is 2. The maximum absolute atomic E-state index is 12.9. The molecule has 0 radical (unpaired) electrons. The monoisotopic (exact) mass is 255 g/mol. The van der Waals surface area contributed by atoms with Crippen LogP contribution in [-0.2, 0) is 9.92 Å². The molecule has 0 saturated carbocycles. The molecule has 2 N–H and O–H groups in total. The lowest BCUT2D eigenvalue weighted by molar-refractivity contribution is 0.510. The molecule has 5 heteroatoms. The summed E-state index contributed by atoms with van der Waals surface area (Å²) in [4.78, 5) is 0.690. The van der Waals surface area contributed by atoms with E-state index in [1.165, 1.54) is 0 Å². The molecule has 1 unspecified atom stereocenters. The van der Waals surface area contributed by atoms with E-state index in [1.807, 2.05) is 30.4 Å². The van der Waals surface area contributed by atoms with Crippen molar-refractivity contribution < 1.29 is 4.21 Å². The molecule has 0 aliphatic heterocycles. The Morgan fingerprint density at radius 3 is 2.65 bits per heavy atom. The fourth-order valence-corrected chi connectivity index (χ4v) is 3.68. The lowest BCUT2D eigenvalue weighted by Gasteiger charge is -2.21. The van der Waals surface area contributed by atoms with Crippen LogP contribution in [0.1, 0.15) is 20.3 Å². The molecule has 0 amide bonds. The van der Waals surface area contributed by atoms with Crippen LogP contribution in [0, 0.1) is 0 Å². The average molecular weight is 255 g/mol. The van der Waals surface area contributed by atoms with Crippen molar-refractivity contribution in [3.8, 4) is 0 Å². The van der Waals surface area contributed by atoms with E-state index >= 15 is 0 Å². The van der Waals surface area contributed by atoms with Gasteiger partial charge in [-0.2, -0.15) is 0 Å². The highest BCUT2D eigenvalue weighted by molar-refractivity contribution is 7.91. The van der Waals surface area contributed by atoms with Gasteiger partial charge in [0.25, 0.3) is 0 Å². The van der Waals surface area contributed by atoms with Crippen LogP contribution in [0.15, 0.2) is 33.5 Å². The molecular formula is C12H21N3OS. The van der Waals surface area contributed by atoms with Crippen molar-refractivity contribution in [3.05, 3.63) is 24.3 Å². The summed E-state index contributed by atoms with van der Waals surface area (Å²) in [6, 6.07) is 7.17. The predicted molar refractivity (Wildman–Crippen MR) is 73.2 cm³/mol. The largest absolute Gasteiger partial charge is 0.399 e. The van der Waals surface area contributed by atoms with Crippen molar-refractivity contribution in [1.82, 2.24) is 4.31 Å². The Labute approximate surface area is 104 Å². The highest BCUT2D eigenvalue weighted by Crippen LogP contribution is 2.19. The second kappa shape index (κ2) is 6.02. The molecule has 17 heavy (non-hydrogen) atoms. The number of hydrogen-bond acceptors (Lipinski definition) is 3. The third-order valence-corrected chi connectivity index (χ3v) is 4.93. The summed E-state index contributed by atoms with van der Waals surface area (Å²) in [6.07, 6.45) is 0.940. The third kappa shape index (κ3) is 3.20. The molecular weight excluding hydrogens is 234 g/mol. The van der Waals surface area contributed by atoms with Gasteiger partial charge in [-0.15, -0.1) is 0 Å². The molecule has 96 valence electrons. The summed E-state index contributed by atoms with van der Waals surface area (Å²) in [6.45, 7) is 5.23. The molecule has 0 spiro atoms. The number of rotatable bonds is 5. The topological polar surface area (TPSA) is 58.7 Å². The van der Waals surface area contributed by atoms with Crippen LogP contribution in [0.25, 0.3) is 0 Å². The Kier molecular flexibility index (Phi) is 4.96. The van der Waals surface area contributed by atoms with Crippen LogP contribution >= 0.6 is 0 Å². The van der Waals surface area contributed by atoms with Crippen molar-refractivity contribution in [2.75, 3.05) is 25.9 Å². The van der Waals surface area contributed by atoms with Gasteiger partial charge in [0.15, 0.2) is 0 Å².